The van der Waals surface area contributed by atoms with Crippen LogP contribution in [0.3, 0.4) is 0 Å². The van der Waals surface area contributed by atoms with Gasteiger partial charge in [-0.1, -0.05) is 0 Å². The molecule has 0 rings (SSSR count). The molecule has 8 heteroatoms. The Hall–Kier alpha value is -0.320. The van der Waals surface area contributed by atoms with Crippen molar-refractivity contribution in [2.45, 2.75) is 17.7 Å². The van der Waals surface area contributed by atoms with Gasteiger partial charge in [0.1, 0.15) is 0 Å². The summed E-state index contributed by atoms with van der Waals surface area (Å²) in [6.07, 6.45) is 0. The Labute approximate surface area is 59.8 Å². The Balaban J connectivity index is 4.75. The number of aliphatic hydroxyl groups is 8. The lowest BCUT2D eigenvalue weighted by atomic mass is 10.2. The van der Waals surface area contributed by atoms with Crippen LogP contribution in [-0.2, 0) is 0 Å². The maximum atomic E-state index is 8.24. The fourth-order valence-electron chi connectivity index (χ4n) is 0.225. The highest BCUT2D eigenvalue weighted by Crippen LogP contribution is 2.22. The van der Waals surface area contributed by atoms with Crippen LogP contribution >= 0.6 is 0 Å². The molecule has 68 valence electrons. The van der Waals surface area contributed by atoms with Gasteiger partial charge in [-0.15, -0.1) is 0 Å². The average Bonchev–Trinajstić information content (AvgIpc) is 1.58. The quantitative estimate of drug-likeness (QED) is 0.192. The summed E-state index contributed by atoms with van der Waals surface area (Å²) in [4.78, 5) is 0. The van der Waals surface area contributed by atoms with Crippen LogP contribution in [0, 0.1) is 0 Å². The van der Waals surface area contributed by atoms with Gasteiger partial charge in [-0.3, -0.25) is 0 Å². The van der Waals surface area contributed by atoms with Crippen LogP contribution in [0.15, 0.2) is 0 Å². The zero-order chi connectivity index (χ0) is 9.50. The molecule has 0 unspecified atom stereocenters. The van der Waals surface area contributed by atoms with E-state index in [0.29, 0.717) is 0 Å². The van der Waals surface area contributed by atoms with E-state index in [2.05, 4.69) is 0 Å². The van der Waals surface area contributed by atoms with E-state index in [1.807, 2.05) is 0 Å². The molecule has 0 spiro atoms. The summed E-state index contributed by atoms with van der Waals surface area (Å²) in [7, 11) is 0. The van der Waals surface area contributed by atoms with Crippen molar-refractivity contribution in [3.8, 4) is 0 Å². The van der Waals surface area contributed by atoms with Gasteiger partial charge in [-0.25, -0.2) is 0 Å². The summed E-state index contributed by atoms with van der Waals surface area (Å²) in [6, 6.07) is 0. The van der Waals surface area contributed by atoms with E-state index >= 15 is 0 Å². The molecule has 0 heterocycles. The summed E-state index contributed by atoms with van der Waals surface area (Å²) >= 11 is 0. The van der Waals surface area contributed by atoms with Crippen LogP contribution < -0.4 is 0 Å². The topological polar surface area (TPSA) is 162 Å². The van der Waals surface area contributed by atoms with Crippen molar-refractivity contribution in [1.82, 2.24) is 0 Å². The summed E-state index contributed by atoms with van der Waals surface area (Å²) in [5.41, 5.74) is 0. The zero-order valence-electron chi connectivity index (χ0n) is 5.08. The number of hydrogen-bond donors (Lipinski definition) is 8. The van der Waals surface area contributed by atoms with Crippen LogP contribution in [0.25, 0.3) is 0 Å². The van der Waals surface area contributed by atoms with Gasteiger partial charge in [0.2, 0.25) is 0 Å². The van der Waals surface area contributed by atoms with Gasteiger partial charge in [-0.05, 0) is 0 Å². The lowest BCUT2D eigenvalue weighted by Crippen LogP contribution is -2.68. The number of hydrogen-bond acceptors (Lipinski definition) is 8. The SMILES string of the molecule is OC(O)(O)C(O)(O)C(O)(O)O. The first-order valence-corrected chi connectivity index (χ1v) is 2.29. The maximum Gasteiger partial charge on any atom is 0.341 e. The van der Waals surface area contributed by atoms with Crippen LogP contribution in [0.1, 0.15) is 0 Å². The molecule has 0 bridgehead atoms. The van der Waals surface area contributed by atoms with Crippen LogP contribution in [0.4, 0.5) is 0 Å². The second-order valence-corrected chi connectivity index (χ2v) is 1.94. The molecule has 0 radical (unpaired) electrons. The van der Waals surface area contributed by atoms with Gasteiger partial charge in [0, 0.05) is 0 Å². The minimum atomic E-state index is -4.29. The molecule has 0 aromatic heterocycles. The van der Waals surface area contributed by atoms with Gasteiger partial charge < -0.3 is 40.9 Å². The summed E-state index contributed by atoms with van der Waals surface area (Å²) in [6.45, 7) is 0. The predicted molar refractivity (Wildman–Crippen MR) is 25.9 cm³/mol. The van der Waals surface area contributed by atoms with Crippen LogP contribution in [0.5, 0.6) is 0 Å². The van der Waals surface area contributed by atoms with E-state index in [1.165, 1.54) is 0 Å². The zero-order valence-corrected chi connectivity index (χ0v) is 5.08. The largest absolute Gasteiger partial charge is 0.353 e. The van der Waals surface area contributed by atoms with Crippen molar-refractivity contribution in [2.24, 2.45) is 0 Å². The Morgan fingerprint density at radius 3 is 0.636 bits per heavy atom. The molecule has 0 saturated carbocycles. The first kappa shape index (κ1) is 10.7. The molecule has 0 aliphatic heterocycles. The first-order chi connectivity index (χ1) is 4.50. The molecule has 8 N–H and O–H groups in total. The van der Waals surface area contributed by atoms with E-state index in [4.69, 9.17) is 40.9 Å². The monoisotopic (exact) mass is 172 g/mol. The molecular formula is C3H8O8. The third kappa shape index (κ3) is 1.83. The van der Waals surface area contributed by atoms with Crippen LogP contribution in [-0.4, -0.2) is 58.6 Å². The smallest absolute Gasteiger partial charge is 0.341 e. The third-order valence-corrected chi connectivity index (χ3v) is 0.935. The minimum absolute atomic E-state index is 4.26. The van der Waals surface area contributed by atoms with E-state index in [1.54, 1.807) is 0 Å². The molecular weight excluding hydrogens is 164 g/mol. The van der Waals surface area contributed by atoms with Gasteiger partial charge in [0.05, 0.1) is 0 Å². The molecule has 0 aliphatic rings. The van der Waals surface area contributed by atoms with Crippen molar-refractivity contribution in [2.75, 3.05) is 0 Å². The highest BCUT2D eigenvalue weighted by atomic mass is 16.8. The third-order valence-electron chi connectivity index (χ3n) is 0.935. The standard InChI is InChI=1S/C3H8O8/c4-1(5,2(6,7)8)3(9,10)11/h4-11H. The summed E-state index contributed by atoms with van der Waals surface area (Å²) in [5.74, 6) is -12.8. The van der Waals surface area contributed by atoms with Crippen LogP contribution in [0.2, 0.25) is 0 Å². The summed E-state index contributed by atoms with van der Waals surface area (Å²) in [5, 5.41) is 64.6. The average molecular weight is 172 g/mol. The van der Waals surface area contributed by atoms with Gasteiger partial charge >= 0.3 is 17.7 Å². The minimum Gasteiger partial charge on any atom is -0.353 e. The molecule has 0 aromatic carbocycles. The normalized spacial score (nSPS) is 15.3. The van der Waals surface area contributed by atoms with Crippen molar-refractivity contribution in [3.05, 3.63) is 0 Å². The molecule has 0 amide bonds. The highest BCUT2D eigenvalue weighted by Gasteiger charge is 2.61. The second-order valence-electron chi connectivity index (χ2n) is 1.94. The lowest BCUT2D eigenvalue weighted by Gasteiger charge is -2.35. The second kappa shape index (κ2) is 2.33. The highest BCUT2D eigenvalue weighted by molar-refractivity contribution is 4.79. The van der Waals surface area contributed by atoms with Crippen molar-refractivity contribution in [3.63, 3.8) is 0 Å². The Bertz CT molecular complexity index is 120. The van der Waals surface area contributed by atoms with E-state index in [9.17, 15) is 0 Å². The molecule has 0 atom stereocenters. The first-order valence-electron chi connectivity index (χ1n) is 2.29. The molecule has 0 aromatic rings. The molecule has 0 aliphatic carbocycles. The van der Waals surface area contributed by atoms with E-state index < -0.39 is 17.7 Å². The Morgan fingerprint density at radius 1 is 0.455 bits per heavy atom. The van der Waals surface area contributed by atoms with Crippen molar-refractivity contribution in [1.29, 1.82) is 0 Å². The Kier molecular flexibility index (Phi) is 2.27. The van der Waals surface area contributed by atoms with E-state index in [0.717, 1.165) is 0 Å². The van der Waals surface area contributed by atoms with Gasteiger partial charge in [0.15, 0.2) is 0 Å². The van der Waals surface area contributed by atoms with Crippen molar-refractivity contribution >= 4 is 0 Å². The maximum absolute atomic E-state index is 8.24. The Morgan fingerprint density at radius 2 is 0.636 bits per heavy atom. The predicted octanol–water partition coefficient (Wildman–Crippen LogP) is -5.07. The number of rotatable bonds is 2. The molecule has 0 saturated heterocycles. The summed E-state index contributed by atoms with van der Waals surface area (Å²) < 4.78 is 0. The van der Waals surface area contributed by atoms with Gasteiger partial charge in [0.25, 0.3) is 0 Å². The fraction of sp³-hybridized carbons (Fsp3) is 1.00. The molecule has 11 heavy (non-hydrogen) atoms. The molecule has 8 nitrogen and oxygen atoms in total. The lowest BCUT2D eigenvalue weighted by molar-refractivity contribution is -0.548. The van der Waals surface area contributed by atoms with Gasteiger partial charge in [-0.2, -0.15) is 0 Å². The fourth-order valence-corrected chi connectivity index (χ4v) is 0.225. The van der Waals surface area contributed by atoms with E-state index in [-0.39, 0.29) is 0 Å². The van der Waals surface area contributed by atoms with Crippen molar-refractivity contribution < 1.29 is 40.9 Å². The molecule has 0 fully saturated rings.